The number of nitrogens with zero attached hydrogens (tertiary/aromatic N) is 5. The average Bonchev–Trinajstić information content (AvgIpc) is 3.33. The fraction of sp³-hybridized carbons (Fsp3) is 0.308. The van der Waals surface area contributed by atoms with Crippen molar-refractivity contribution < 1.29 is 18.3 Å². The molecule has 9 nitrogen and oxygen atoms in total. The summed E-state index contributed by atoms with van der Waals surface area (Å²) in [6.45, 7) is -1.47. The number of rotatable bonds is 8. The fourth-order valence-electron chi connectivity index (χ4n) is 4.65. The highest BCUT2D eigenvalue weighted by molar-refractivity contribution is 5.84. The summed E-state index contributed by atoms with van der Waals surface area (Å²) in [6, 6.07) is 12.0. The van der Waals surface area contributed by atoms with E-state index in [1.807, 2.05) is 12.1 Å². The lowest BCUT2D eigenvalue weighted by atomic mass is 10.1. The fourth-order valence-corrected chi connectivity index (χ4v) is 4.65. The number of aromatic nitrogens is 4. The van der Waals surface area contributed by atoms with Gasteiger partial charge < -0.3 is 15.0 Å². The maximum absolute atomic E-state index is 12.9. The van der Waals surface area contributed by atoms with E-state index in [9.17, 15) is 18.4 Å². The number of hydrogen-bond donors (Lipinski definition) is 1. The zero-order valence-corrected chi connectivity index (χ0v) is 20.4. The second kappa shape index (κ2) is 10.00. The van der Waals surface area contributed by atoms with Gasteiger partial charge in [0.05, 0.1) is 17.4 Å². The van der Waals surface area contributed by atoms with Crippen LogP contribution in [0.5, 0.6) is 5.75 Å². The maximum Gasteiger partial charge on any atom is 0.387 e. The van der Waals surface area contributed by atoms with E-state index in [0.29, 0.717) is 41.9 Å². The van der Waals surface area contributed by atoms with Crippen molar-refractivity contribution in [1.29, 1.82) is 0 Å². The predicted molar refractivity (Wildman–Crippen MR) is 135 cm³/mol. The van der Waals surface area contributed by atoms with Gasteiger partial charge in [-0.2, -0.15) is 8.78 Å². The van der Waals surface area contributed by atoms with E-state index in [1.54, 1.807) is 60.3 Å². The Bertz CT molecular complexity index is 1500. The molecular weight excluding hydrogens is 482 g/mol. The number of halogens is 2. The summed E-state index contributed by atoms with van der Waals surface area (Å²) in [4.78, 5) is 35.1. The minimum absolute atomic E-state index is 0.0630. The summed E-state index contributed by atoms with van der Waals surface area (Å²) in [6.07, 6.45) is 3.90. The quantitative estimate of drug-likeness (QED) is 0.392. The Morgan fingerprint density at radius 1 is 1.08 bits per heavy atom. The Hall–Kier alpha value is -4.28. The molecule has 1 N–H and O–H groups in total. The standard InChI is InChI=1S/C26H26F2N6O3/c1-32-14-16(9-23(32)35)11-29-26-30-12-19(13-31-26)17-7-8-20-21(10-17)34(33(2)24(20)36)15-18-5-3-4-6-22(18)37-25(27)28/h3-8,10,12-13,16,25H,9,11,14-15H2,1-2H3,(H,29,30,31). The minimum Gasteiger partial charge on any atom is -0.434 e. The molecule has 1 amide bonds. The Balaban J connectivity index is 1.39. The minimum atomic E-state index is -2.95. The van der Waals surface area contributed by atoms with E-state index in [0.717, 1.165) is 11.1 Å². The summed E-state index contributed by atoms with van der Waals surface area (Å²) in [5, 5.41) is 3.69. The number of amides is 1. The molecule has 1 atom stereocenters. The molecule has 5 rings (SSSR count). The summed E-state index contributed by atoms with van der Waals surface area (Å²) >= 11 is 0. The van der Waals surface area contributed by atoms with Crippen molar-refractivity contribution in [2.45, 2.75) is 19.6 Å². The number of carbonyl (C=O) groups is 1. The van der Waals surface area contributed by atoms with E-state index in [2.05, 4.69) is 20.0 Å². The van der Waals surface area contributed by atoms with Gasteiger partial charge in [-0.1, -0.05) is 24.3 Å². The van der Waals surface area contributed by atoms with Crippen LogP contribution in [0, 0.1) is 5.92 Å². The van der Waals surface area contributed by atoms with E-state index in [-0.39, 0.29) is 29.7 Å². The van der Waals surface area contributed by atoms with E-state index >= 15 is 0 Å². The van der Waals surface area contributed by atoms with Crippen molar-refractivity contribution in [1.82, 2.24) is 24.2 Å². The van der Waals surface area contributed by atoms with Gasteiger partial charge in [0.15, 0.2) is 0 Å². The Labute approximate surface area is 211 Å². The monoisotopic (exact) mass is 508 g/mol. The number of ether oxygens (including phenoxy) is 1. The van der Waals surface area contributed by atoms with Crippen molar-refractivity contribution in [3.63, 3.8) is 0 Å². The van der Waals surface area contributed by atoms with Crippen LogP contribution in [0.4, 0.5) is 14.7 Å². The number of alkyl halides is 2. The third-order valence-electron chi connectivity index (χ3n) is 6.63. The number of benzene rings is 2. The molecule has 0 bridgehead atoms. The molecule has 1 aliphatic heterocycles. The van der Waals surface area contributed by atoms with Crippen molar-refractivity contribution in [3.05, 3.63) is 70.8 Å². The second-order valence-corrected chi connectivity index (χ2v) is 9.13. The maximum atomic E-state index is 12.9. The molecule has 0 spiro atoms. The van der Waals surface area contributed by atoms with E-state index in [4.69, 9.17) is 0 Å². The van der Waals surface area contributed by atoms with Crippen molar-refractivity contribution in [3.8, 4) is 16.9 Å². The number of para-hydroxylation sites is 1. The van der Waals surface area contributed by atoms with E-state index in [1.165, 1.54) is 10.7 Å². The van der Waals surface area contributed by atoms with Gasteiger partial charge >= 0.3 is 6.61 Å². The molecule has 2 aromatic carbocycles. The first kappa shape index (κ1) is 24.4. The van der Waals surface area contributed by atoms with Crippen LogP contribution in [0.25, 0.3) is 22.0 Å². The van der Waals surface area contributed by atoms with Crippen molar-refractivity contribution in [2.24, 2.45) is 13.0 Å². The normalized spacial score (nSPS) is 15.6. The molecule has 192 valence electrons. The average molecular weight is 509 g/mol. The van der Waals surface area contributed by atoms with Crippen LogP contribution in [0.15, 0.2) is 59.7 Å². The molecule has 0 saturated carbocycles. The lowest BCUT2D eigenvalue weighted by Gasteiger charge is -2.14. The van der Waals surface area contributed by atoms with Crippen LogP contribution in [0.2, 0.25) is 0 Å². The van der Waals surface area contributed by atoms with Crippen molar-refractivity contribution in [2.75, 3.05) is 25.5 Å². The molecule has 3 heterocycles. The molecule has 37 heavy (non-hydrogen) atoms. The number of carbonyl (C=O) groups excluding carboxylic acids is 1. The molecule has 0 radical (unpaired) electrons. The number of likely N-dealkylation sites (tertiary alicyclic amines) is 1. The molecule has 11 heteroatoms. The van der Waals surface area contributed by atoms with Crippen LogP contribution >= 0.6 is 0 Å². The summed E-state index contributed by atoms with van der Waals surface area (Å²) in [5.74, 6) is 0.893. The highest BCUT2D eigenvalue weighted by Gasteiger charge is 2.26. The Morgan fingerprint density at radius 2 is 1.84 bits per heavy atom. The van der Waals surface area contributed by atoms with Crippen LogP contribution in [-0.2, 0) is 18.4 Å². The van der Waals surface area contributed by atoms with Gasteiger partial charge in [-0.05, 0) is 23.8 Å². The number of nitrogens with one attached hydrogen (secondary N) is 1. The van der Waals surface area contributed by atoms with E-state index < -0.39 is 6.61 Å². The third-order valence-corrected chi connectivity index (χ3v) is 6.63. The molecule has 1 saturated heterocycles. The third kappa shape index (κ3) is 5.02. The van der Waals surface area contributed by atoms with Gasteiger partial charge in [0.25, 0.3) is 5.56 Å². The topological polar surface area (TPSA) is 94.3 Å². The van der Waals surface area contributed by atoms with Gasteiger partial charge in [-0.3, -0.25) is 19.0 Å². The first-order valence-corrected chi connectivity index (χ1v) is 11.8. The highest BCUT2D eigenvalue weighted by Crippen LogP contribution is 2.26. The zero-order valence-electron chi connectivity index (χ0n) is 20.4. The largest absolute Gasteiger partial charge is 0.434 e. The molecular formula is C26H26F2N6O3. The first-order chi connectivity index (χ1) is 17.8. The summed E-state index contributed by atoms with van der Waals surface area (Å²) in [5.41, 5.74) is 2.54. The molecule has 2 aromatic heterocycles. The van der Waals surface area contributed by atoms with Gasteiger partial charge in [-0.15, -0.1) is 0 Å². The molecule has 1 fully saturated rings. The summed E-state index contributed by atoms with van der Waals surface area (Å²) < 4.78 is 33.6. The van der Waals surface area contributed by atoms with Gasteiger partial charge in [-0.25, -0.2) is 9.97 Å². The summed E-state index contributed by atoms with van der Waals surface area (Å²) in [7, 11) is 3.44. The number of anilines is 1. The Kier molecular flexibility index (Phi) is 6.60. The lowest BCUT2D eigenvalue weighted by Crippen LogP contribution is -2.21. The zero-order chi connectivity index (χ0) is 26.1. The predicted octanol–water partition coefficient (Wildman–Crippen LogP) is 3.34. The lowest BCUT2D eigenvalue weighted by molar-refractivity contribution is -0.126. The molecule has 1 aliphatic rings. The first-order valence-electron chi connectivity index (χ1n) is 11.8. The number of fused-ring (bicyclic) bond motifs is 1. The Morgan fingerprint density at radius 3 is 2.54 bits per heavy atom. The smallest absolute Gasteiger partial charge is 0.387 e. The van der Waals surface area contributed by atoms with Crippen LogP contribution in [-0.4, -0.2) is 56.9 Å². The second-order valence-electron chi connectivity index (χ2n) is 9.13. The molecule has 1 unspecified atom stereocenters. The van der Waals surface area contributed by atoms with Crippen molar-refractivity contribution >= 4 is 22.8 Å². The van der Waals surface area contributed by atoms with Crippen LogP contribution in [0.1, 0.15) is 12.0 Å². The number of hydrogen-bond acceptors (Lipinski definition) is 6. The van der Waals surface area contributed by atoms with Crippen LogP contribution in [0.3, 0.4) is 0 Å². The SMILES string of the molecule is CN1CC(CNc2ncc(-c3ccc4c(=O)n(C)n(Cc5ccccc5OC(F)F)c4c3)cn2)CC1=O. The van der Waals surface area contributed by atoms with Gasteiger partial charge in [0.1, 0.15) is 5.75 Å². The van der Waals surface area contributed by atoms with Gasteiger partial charge in [0.2, 0.25) is 11.9 Å². The van der Waals surface area contributed by atoms with Crippen LogP contribution < -0.4 is 15.6 Å². The highest BCUT2D eigenvalue weighted by atomic mass is 19.3. The molecule has 0 aliphatic carbocycles. The molecule has 4 aromatic rings. The van der Waals surface area contributed by atoms with Gasteiger partial charge in [0, 0.05) is 63.0 Å².